The van der Waals surface area contributed by atoms with Gasteiger partial charge in [0.25, 0.3) is 0 Å². The second-order valence-electron chi connectivity index (χ2n) is 4.70. The molecule has 0 amide bonds. The number of benzene rings is 1. The summed E-state index contributed by atoms with van der Waals surface area (Å²) in [6, 6.07) is 7.92. The Kier molecular flexibility index (Phi) is 4.00. The maximum Gasteiger partial charge on any atom is 0.123 e. The maximum absolute atomic E-state index is 12.9. The first-order valence-corrected chi connectivity index (χ1v) is 6.50. The van der Waals surface area contributed by atoms with Crippen LogP contribution in [0.3, 0.4) is 0 Å². The molecule has 2 atom stereocenters. The van der Waals surface area contributed by atoms with Crippen molar-refractivity contribution in [2.75, 3.05) is 18.0 Å². The molecule has 1 aromatic carbocycles. The molecule has 17 heavy (non-hydrogen) atoms. The predicted molar refractivity (Wildman–Crippen MR) is 69.9 cm³/mol. The van der Waals surface area contributed by atoms with Gasteiger partial charge in [0.1, 0.15) is 5.82 Å². The Morgan fingerprint density at radius 1 is 1.24 bits per heavy atom. The molecule has 0 spiro atoms. The van der Waals surface area contributed by atoms with Gasteiger partial charge in [-0.2, -0.15) is 0 Å². The van der Waals surface area contributed by atoms with E-state index in [-0.39, 0.29) is 5.82 Å². The lowest BCUT2D eigenvalue weighted by Crippen LogP contribution is -2.56. The maximum atomic E-state index is 12.9. The molecule has 1 saturated heterocycles. The third-order valence-corrected chi connectivity index (χ3v) is 3.62. The molecule has 1 aliphatic heterocycles. The summed E-state index contributed by atoms with van der Waals surface area (Å²) < 4.78 is 12.9. The third kappa shape index (κ3) is 2.78. The molecule has 94 valence electrons. The zero-order valence-corrected chi connectivity index (χ0v) is 10.6. The van der Waals surface area contributed by atoms with Crippen molar-refractivity contribution in [3.05, 3.63) is 30.1 Å². The fraction of sp³-hybridized carbons (Fsp3) is 0.571. The minimum Gasteiger partial charge on any atom is -0.366 e. The Morgan fingerprint density at radius 3 is 2.53 bits per heavy atom. The van der Waals surface area contributed by atoms with Gasteiger partial charge < -0.3 is 10.2 Å². The van der Waals surface area contributed by atoms with E-state index >= 15 is 0 Å². The van der Waals surface area contributed by atoms with Crippen LogP contribution >= 0.6 is 0 Å². The molecule has 1 aromatic rings. The molecule has 0 aliphatic carbocycles. The molecule has 0 bridgehead atoms. The first kappa shape index (κ1) is 12.4. The van der Waals surface area contributed by atoms with Crippen molar-refractivity contribution >= 4 is 5.69 Å². The van der Waals surface area contributed by atoms with Crippen LogP contribution in [-0.2, 0) is 0 Å². The molecular formula is C14H21FN2. The van der Waals surface area contributed by atoms with Gasteiger partial charge in [0.05, 0.1) is 0 Å². The van der Waals surface area contributed by atoms with Gasteiger partial charge in [0.2, 0.25) is 0 Å². The Balaban J connectivity index is 2.17. The van der Waals surface area contributed by atoms with E-state index in [0.717, 1.165) is 31.6 Å². The molecular weight excluding hydrogens is 215 g/mol. The molecule has 1 fully saturated rings. The average Bonchev–Trinajstić information content (AvgIpc) is 2.39. The lowest BCUT2D eigenvalue weighted by Gasteiger charge is -2.41. The van der Waals surface area contributed by atoms with E-state index in [2.05, 4.69) is 24.1 Å². The number of rotatable bonds is 3. The highest BCUT2D eigenvalue weighted by Crippen LogP contribution is 2.22. The number of nitrogens with one attached hydrogen (secondary N) is 1. The topological polar surface area (TPSA) is 15.3 Å². The first-order valence-electron chi connectivity index (χ1n) is 6.50. The van der Waals surface area contributed by atoms with Gasteiger partial charge in [-0.15, -0.1) is 0 Å². The zero-order chi connectivity index (χ0) is 12.3. The molecule has 2 unspecified atom stereocenters. The summed E-state index contributed by atoms with van der Waals surface area (Å²) in [6.45, 7) is 6.44. The molecule has 0 aromatic heterocycles. The van der Waals surface area contributed by atoms with E-state index in [4.69, 9.17) is 0 Å². The summed E-state index contributed by atoms with van der Waals surface area (Å²) in [6.07, 6.45) is 2.24. The van der Waals surface area contributed by atoms with Gasteiger partial charge in [-0.1, -0.05) is 13.8 Å². The van der Waals surface area contributed by atoms with Crippen LogP contribution in [0.4, 0.5) is 10.1 Å². The van der Waals surface area contributed by atoms with Crippen molar-refractivity contribution in [2.45, 2.75) is 38.8 Å². The number of hydrogen-bond acceptors (Lipinski definition) is 2. The van der Waals surface area contributed by atoms with Gasteiger partial charge in [-0.25, -0.2) is 4.39 Å². The molecule has 1 aliphatic rings. The lowest BCUT2D eigenvalue weighted by atomic mass is 10.0. The van der Waals surface area contributed by atoms with Crippen LogP contribution in [0.1, 0.15) is 26.7 Å². The number of hydrogen-bond donors (Lipinski definition) is 1. The van der Waals surface area contributed by atoms with Crippen molar-refractivity contribution < 1.29 is 4.39 Å². The van der Waals surface area contributed by atoms with Crippen LogP contribution in [0.25, 0.3) is 0 Å². The highest BCUT2D eigenvalue weighted by atomic mass is 19.1. The SMILES string of the molecule is CCC1CN(c2ccc(F)cc2)C(CC)CN1. The molecule has 3 heteroatoms. The number of piperazine rings is 1. The normalized spacial score (nSPS) is 25.0. The van der Waals surface area contributed by atoms with E-state index in [1.807, 2.05) is 12.1 Å². The minimum absolute atomic E-state index is 0.163. The second kappa shape index (κ2) is 5.50. The summed E-state index contributed by atoms with van der Waals surface area (Å²) in [5.41, 5.74) is 1.14. The Hall–Kier alpha value is -1.09. The Labute approximate surface area is 103 Å². The summed E-state index contributed by atoms with van der Waals surface area (Å²) in [5, 5.41) is 3.57. The summed E-state index contributed by atoms with van der Waals surface area (Å²) in [5.74, 6) is -0.163. The van der Waals surface area contributed by atoms with Crippen molar-refractivity contribution in [2.24, 2.45) is 0 Å². The summed E-state index contributed by atoms with van der Waals surface area (Å²) in [4.78, 5) is 2.41. The van der Waals surface area contributed by atoms with E-state index in [0.29, 0.717) is 12.1 Å². The van der Waals surface area contributed by atoms with Crippen molar-refractivity contribution in [3.8, 4) is 0 Å². The van der Waals surface area contributed by atoms with E-state index in [1.54, 1.807) is 12.1 Å². The average molecular weight is 236 g/mol. The summed E-state index contributed by atoms with van der Waals surface area (Å²) in [7, 11) is 0. The largest absolute Gasteiger partial charge is 0.366 e. The molecule has 1 heterocycles. The van der Waals surface area contributed by atoms with Gasteiger partial charge in [-0.05, 0) is 37.1 Å². The zero-order valence-electron chi connectivity index (χ0n) is 10.6. The molecule has 2 rings (SSSR count). The molecule has 1 N–H and O–H groups in total. The van der Waals surface area contributed by atoms with Gasteiger partial charge in [0, 0.05) is 30.9 Å². The van der Waals surface area contributed by atoms with E-state index in [9.17, 15) is 4.39 Å². The minimum atomic E-state index is -0.163. The summed E-state index contributed by atoms with van der Waals surface area (Å²) >= 11 is 0. The Morgan fingerprint density at radius 2 is 1.94 bits per heavy atom. The number of halogens is 1. The van der Waals surface area contributed by atoms with Crippen LogP contribution < -0.4 is 10.2 Å². The van der Waals surface area contributed by atoms with Gasteiger partial charge >= 0.3 is 0 Å². The number of anilines is 1. The van der Waals surface area contributed by atoms with Crippen LogP contribution in [0.15, 0.2) is 24.3 Å². The van der Waals surface area contributed by atoms with Crippen molar-refractivity contribution in [3.63, 3.8) is 0 Å². The monoisotopic (exact) mass is 236 g/mol. The third-order valence-electron chi connectivity index (χ3n) is 3.62. The van der Waals surface area contributed by atoms with Crippen molar-refractivity contribution in [1.29, 1.82) is 0 Å². The Bertz CT molecular complexity index is 350. The number of nitrogens with zero attached hydrogens (tertiary/aromatic N) is 1. The van der Waals surface area contributed by atoms with Gasteiger partial charge in [0.15, 0.2) is 0 Å². The fourth-order valence-electron chi connectivity index (χ4n) is 2.45. The fourth-order valence-corrected chi connectivity index (χ4v) is 2.45. The highest BCUT2D eigenvalue weighted by Gasteiger charge is 2.25. The molecule has 0 saturated carbocycles. The predicted octanol–water partition coefficient (Wildman–Crippen LogP) is 2.79. The lowest BCUT2D eigenvalue weighted by molar-refractivity contribution is 0.379. The standard InChI is InChI=1S/C14H21FN2/c1-3-12-10-17(13(4-2)9-16-12)14-7-5-11(15)6-8-14/h5-8,12-13,16H,3-4,9-10H2,1-2H3. The van der Waals surface area contributed by atoms with Crippen LogP contribution in [0, 0.1) is 5.82 Å². The van der Waals surface area contributed by atoms with E-state index in [1.165, 1.54) is 0 Å². The van der Waals surface area contributed by atoms with Crippen LogP contribution in [0.5, 0.6) is 0 Å². The van der Waals surface area contributed by atoms with Crippen LogP contribution in [-0.4, -0.2) is 25.2 Å². The first-order chi connectivity index (χ1) is 8.24. The van der Waals surface area contributed by atoms with E-state index < -0.39 is 0 Å². The second-order valence-corrected chi connectivity index (χ2v) is 4.70. The van der Waals surface area contributed by atoms with Gasteiger partial charge in [-0.3, -0.25) is 0 Å². The molecule has 0 radical (unpaired) electrons. The quantitative estimate of drug-likeness (QED) is 0.868. The smallest absolute Gasteiger partial charge is 0.123 e. The highest BCUT2D eigenvalue weighted by molar-refractivity contribution is 5.48. The van der Waals surface area contributed by atoms with Crippen molar-refractivity contribution in [1.82, 2.24) is 5.32 Å². The van der Waals surface area contributed by atoms with Crippen LogP contribution in [0.2, 0.25) is 0 Å². The molecule has 2 nitrogen and oxygen atoms in total.